The molecule has 0 bridgehead atoms. The normalized spacial score (nSPS) is 9.75. The Morgan fingerprint density at radius 3 is 2.50 bits per heavy atom. The van der Waals surface area contributed by atoms with Crippen LogP contribution in [0.3, 0.4) is 0 Å². The Balaban J connectivity index is 1.95. The lowest BCUT2D eigenvalue weighted by Crippen LogP contribution is -2.22. The van der Waals surface area contributed by atoms with Crippen LogP contribution in [0.2, 0.25) is 0 Å². The van der Waals surface area contributed by atoms with Gasteiger partial charge in [-0.15, -0.1) is 0 Å². The van der Waals surface area contributed by atoms with Crippen molar-refractivity contribution in [2.45, 2.75) is 6.54 Å². The van der Waals surface area contributed by atoms with Gasteiger partial charge in [0.05, 0.1) is 5.56 Å². The number of hydrogen-bond donors (Lipinski definition) is 1. The van der Waals surface area contributed by atoms with Crippen LogP contribution in [0.15, 0.2) is 49.1 Å². The van der Waals surface area contributed by atoms with Crippen LogP contribution in [0.4, 0.5) is 0 Å². The van der Waals surface area contributed by atoms with Gasteiger partial charge in [0.1, 0.15) is 0 Å². The summed E-state index contributed by atoms with van der Waals surface area (Å²) >= 11 is 0. The lowest BCUT2D eigenvalue weighted by Gasteiger charge is -2.04. The Morgan fingerprint density at radius 2 is 1.88 bits per heavy atom. The van der Waals surface area contributed by atoms with Crippen LogP contribution < -0.4 is 5.32 Å². The molecule has 0 aromatic carbocycles. The molecule has 4 nitrogen and oxygen atoms in total. The molecule has 0 unspecified atom stereocenters. The molecule has 0 aliphatic carbocycles. The molecular weight excluding hydrogens is 202 g/mol. The maximum Gasteiger partial charge on any atom is 0.253 e. The molecule has 0 aliphatic rings. The number of carbonyl (C=O) groups is 1. The van der Waals surface area contributed by atoms with Crippen LogP contribution in [0.1, 0.15) is 15.9 Å². The highest BCUT2D eigenvalue weighted by atomic mass is 16.1. The minimum atomic E-state index is -0.128. The van der Waals surface area contributed by atoms with Gasteiger partial charge in [-0.1, -0.05) is 6.07 Å². The molecule has 0 saturated carbocycles. The first kappa shape index (κ1) is 10.3. The van der Waals surface area contributed by atoms with Crippen molar-refractivity contribution in [3.63, 3.8) is 0 Å². The van der Waals surface area contributed by atoms with Gasteiger partial charge in [0.25, 0.3) is 5.91 Å². The Kier molecular flexibility index (Phi) is 3.23. The van der Waals surface area contributed by atoms with Crippen LogP contribution in [0.5, 0.6) is 0 Å². The predicted octanol–water partition coefficient (Wildman–Crippen LogP) is 1.41. The number of nitrogens with one attached hydrogen (secondary N) is 1. The summed E-state index contributed by atoms with van der Waals surface area (Å²) < 4.78 is 0. The van der Waals surface area contributed by atoms with Crippen molar-refractivity contribution in [3.8, 4) is 0 Å². The number of carbonyl (C=O) groups excluding carboxylic acids is 1. The second kappa shape index (κ2) is 5.02. The molecule has 2 aromatic heterocycles. The van der Waals surface area contributed by atoms with E-state index in [9.17, 15) is 4.79 Å². The van der Waals surface area contributed by atoms with Gasteiger partial charge < -0.3 is 5.32 Å². The molecule has 0 spiro atoms. The fourth-order valence-corrected chi connectivity index (χ4v) is 1.28. The van der Waals surface area contributed by atoms with Gasteiger partial charge in [-0.25, -0.2) is 0 Å². The highest BCUT2D eigenvalue weighted by Gasteiger charge is 2.03. The van der Waals surface area contributed by atoms with E-state index in [2.05, 4.69) is 15.3 Å². The highest BCUT2D eigenvalue weighted by Crippen LogP contribution is 1.98. The van der Waals surface area contributed by atoms with Crippen LogP contribution in [0.25, 0.3) is 0 Å². The quantitative estimate of drug-likeness (QED) is 0.838. The topological polar surface area (TPSA) is 54.9 Å². The maximum absolute atomic E-state index is 11.6. The average molecular weight is 213 g/mol. The Labute approximate surface area is 93.4 Å². The summed E-state index contributed by atoms with van der Waals surface area (Å²) in [5.41, 5.74) is 1.53. The lowest BCUT2D eigenvalue weighted by molar-refractivity contribution is 0.0950. The summed E-state index contributed by atoms with van der Waals surface area (Å²) in [5, 5.41) is 2.80. The molecule has 2 aromatic rings. The second-order valence-electron chi connectivity index (χ2n) is 3.29. The van der Waals surface area contributed by atoms with Crippen molar-refractivity contribution in [3.05, 3.63) is 60.2 Å². The molecule has 1 N–H and O–H groups in total. The van der Waals surface area contributed by atoms with Gasteiger partial charge in [0.15, 0.2) is 0 Å². The minimum absolute atomic E-state index is 0.128. The smallest absolute Gasteiger partial charge is 0.253 e. The summed E-state index contributed by atoms with van der Waals surface area (Å²) in [6.45, 7) is 0.474. The molecule has 0 aliphatic heterocycles. The van der Waals surface area contributed by atoms with Gasteiger partial charge in [-0.05, 0) is 23.8 Å². The number of nitrogens with zero attached hydrogens (tertiary/aromatic N) is 2. The molecule has 0 atom stereocenters. The Morgan fingerprint density at radius 1 is 1.12 bits per heavy atom. The van der Waals surface area contributed by atoms with Crippen LogP contribution in [-0.2, 0) is 6.54 Å². The molecule has 1 amide bonds. The molecule has 0 saturated heterocycles. The van der Waals surface area contributed by atoms with Crippen LogP contribution in [-0.4, -0.2) is 15.9 Å². The average Bonchev–Trinajstić information content (AvgIpc) is 2.38. The third-order valence-electron chi connectivity index (χ3n) is 2.10. The van der Waals surface area contributed by atoms with E-state index in [4.69, 9.17) is 0 Å². The zero-order valence-electron chi connectivity index (χ0n) is 8.63. The fourth-order valence-electron chi connectivity index (χ4n) is 1.28. The Hall–Kier alpha value is -2.23. The zero-order valence-corrected chi connectivity index (χ0v) is 8.63. The van der Waals surface area contributed by atoms with E-state index >= 15 is 0 Å². The molecule has 2 heterocycles. The van der Waals surface area contributed by atoms with E-state index in [0.29, 0.717) is 12.1 Å². The van der Waals surface area contributed by atoms with Crippen molar-refractivity contribution >= 4 is 5.91 Å². The van der Waals surface area contributed by atoms with E-state index in [0.717, 1.165) is 5.56 Å². The van der Waals surface area contributed by atoms with Gasteiger partial charge in [0, 0.05) is 31.3 Å². The SMILES string of the molecule is O=C(NCc1cccnc1)c1cccnc1. The number of aromatic nitrogens is 2. The van der Waals surface area contributed by atoms with Crippen molar-refractivity contribution in [2.24, 2.45) is 0 Å². The third kappa shape index (κ3) is 2.63. The molecule has 2 rings (SSSR count). The van der Waals surface area contributed by atoms with Crippen LogP contribution >= 0.6 is 0 Å². The van der Waals surface area contributed by atoms with Crippen LogP contribution in [0, 0.1) is 0 Å². The lowest BCUT2D eigenvalue weighted by atomic mass is 10.2. The zero-order chi connectivity index (χ0) is 11.2. The van der Waals surface area contributed by atoms with E-state index in [-0.39, 0.29) is 5.91 Å². The monoisotopic (exact) mass is 213 g/mol. The first-order valence-corrected chi connectivity index (χ1v) is 4.93. The molecule has 4 heteroatoms. The molecule has 16 heavy (non-hydrogen) atoms. The maximum atomic E-state index is 11.6. The standard InChI is InChI=1S/C12H11N3O/c16-12(11-4-2-6-14-9-11)15-8-10-3-1-5-13-7-10/h1-7,9H,8H2,(H,15,16). The number of hydrogen-bond acceptors (Lipinski definition) is 3. The second-order valence-corrected chi connectivity index (χ2v) is 3.29. The van der Waals surface area contributed by atoms with Gasteiger partial charge in [-0.2, -0.15) is 0 Å². The number of pyridine rings is 2. The first-order valence-electron chi connectivity index (χ1n) is 4.93. The van der Waals surface area contributed by atoms with Crippen molar-refractivity contribution in [1.82, 2.24) is 15.3 Å². The van der Waals surface area contributed by atoms with Gasteiger partial charge in [0.2, 0.25) is 0 Å². The molecule has 80 valence electrons. The third-order valence-corrected chi connectivity index (χ3v) is 2.10. The largest absolute Gasteiger partial charge is 0.348 e. The molecule has 0 radical (unpaired) electrons. The summed E-state index contributed by atoms with van der Waals surface area (Å²) in [6.07, 6.45) is 6.60. The van der Waals surface area contributed by atoms with E-state index in [1.807, 2.05) is 12.1 Å². The van der Waals surface area contributed by atoms with Gasteiger partial charge >= 0.3 is 0 Å². The molecular formula is C12H11N3O. The van der Waals surface area contributed by atoms with Crippen molar-refractivity contribution < 1.29 is 4.79 Å². The molecule has 0 fully saturated rings. The van der Waals surface area contributed by atoms with E-state index in [1.165, 1.54) is 0 Å². The highest BCUT2D eigenvalue weighted by molar-refractivity contribution is 5.93. The first-order chi connectivity index (χ1) is 7.86. The predicted molar refractivity (Wildman–Crippen MR) is 59.6 cm³/mol. The van der Waals surface area contributed by atoms with E-state index in [1.54, 1.807) is 36.9 Å². The summed E-state index contributed by atoms with van der Waals surface area (Å²) in [5.74, 6) is -0.128. The fraction of sp³-hybridized carbons (Fsp3) is 0.0833. The number of rotatable bonds is 3. The number of amides is 1. The summed E-state index contributed by atoms with van der Waals surface area (Å²) in [4.78, 5) is 19.5. The Bertz CT molecular complexity index is 456. The van der Waals surface area contributed by atoms with Crippen molar-refractivity contribution in [1.29, 1.82) is 0 Å². The summed E-state index contributed by atoms with van der Waals surface area (Å²) in [6, 6.07) is 7.21. The summed E-state index contributed by atoms with van der Waals surface area (Å²) in [7, 11) is 0. The van der Waals surface area contributed by atoms with Crippen molar-refractivity contribution in [2.75, 3.05) is 0 Å². The van der Waals surface area contributed by atoms with Gasteiger partial charge in [-0.3, -0.25) is 14.8 Å². The minimum Gasteiger partial charge on any atom is -0.348 e. The van der Waals surface area contributed by atoms with E-state index < -0.39 is 0 Å².